The molecule has 2 atom stereocenters. The van der Waals surface area contributed by atoms with Crippen LogP contribution in [-0.4, -0.2) is 32.0 Å². The minimum absolute atomic E-state index is 0.107. The van der Waals surface area contributed by atoms with Gasteiger partial charge in [0.1, 0.15) is 0 Å². The van der Waals surface area contributed by atoms with E-state index in [4.69, 9.17) is 0 Å². The number of sulfone groups is 1. The van der Waals surface area contributed by atoms with Crippen LogP contribution in [0.15, 0.2) is 0 Å². The summed E-state index contributed by atoms with van der Waals surface area (Å²) in [6.07, 6.45) is 8.75. The molecule has 0 amide bonds. The molecule has 18 heavy (non-hydrogen) atoms. The highest BCUT2D eigenvalue weighted by atomic mass is 32.2. The van der Waals surface area contributed by atoms with Gasteiger partial charge in [0.15, 0.2) is 9.84 Å². The molecular weight excluding hydrogens is 246 g/mol. The molecule has 0 aromatic heterocycles. The first-order valence-electron chi connectivity index (χ1n) is 7.58. The molecule has 0 bridgehead atoms. The zero-order chi connectivity index (χ0) is 13.0. The van der Waals surface area contributed by atoms with E-state index in [1.807, 2.05) is 0 Å². The summed E-state index contributed by atoms with van der Waals surface area (Å²) in [4.78, 5) is 0. The summed E-state index contributed by atoms with van der Waals surface area (Å²) in [6.45, 7) is 3.07. The third-order valence-corrected chi connectivity index (χ3v) is 6.94. The summed E-state index contributed by atoms with van der Waals surface area (Å²) in [5.74, 6) is 0.893. The van der Waals surface area contributed by atoms with E-state index in [0.29, 0.717) is 11.7 Å². The minimum atomic E-state index is -2.89. The van der Waals surface area contributed by atoms with Crippen LogP contribution in [0.3, 0.4) is 0 Å². The fourth-order valence-corrected chi connectivity index (χ4v) is 6.04. The molecule has 0 saturated heterocycles. The standard InChI is InChI=1S/C14H27NO2S/c1-2-10-15-13-8-5-9-14(13)18(16,17)11-12-6-3-4-7-12/h12-15H,2-11H2,1H3. The van der Waals surface area contributed by atoms with Gasteiger partial charge in [-0.05, 0) is 44.6 Å². The van der Waals surface area contributed by atoms with Crippen LogP contribution in [0.4, 0.5) is 0 Å². The zero-order valence-corrected chi connectivity index (χ0v) is 12.3. The average molecular weight is 273 g/mol. The van der Waals surface area contributed by atoms with E-state index in [1.165, 1.54) is 12.8 Å². The number of rotatable bonds is 6. The molecule has 4 heteroatoms. The van der Waals surface area contributed by atoms with Gasteiger partial charge in [0.25, 0.3) is 0 Å². The lowest BCUT2D eigenvalue weighted by atomic mass is 10.1. The van der Waals surface area contributed by atoms with Gasteiger partial charge < -0.3 is 5.32 Å². The Labute approximate surface area is 112 Å². The Kier molecular flexibility index (Phi) is 5.07. The maximum atomic E-state index is 12.5. The topological polar surface area (TPSA) is 46.2 Å². The van der Waals surface area contributed by atoms with E-state index < -0.39 is 9.84 Å². The van der Waals surface area contributed by atoms with Crippen LogP contribution < -0.4 is 5.32 Å². The first-order valence-corrected chi connectivity index (χ1v) is 9.30. The molecular formula is C14H27NO2S. The van der Waals surface area contributed by atoms with Gasteiger partial charge in [0.2, 0.25) is 0 Å². The second-order valence-corrected chi connectivity index (χ2v) is 8.27. The molecule has 2 rings (SSSR count). The summed E-state index contributed by atoms with van der Waals surface area (Å²) in [5, 5.41) is 3.33. The molecule has 2 saturated carbocycles. The molecule has 2 fully saturated rings. The third-order valence-electron chi connectivity index (χ3n) is 4.51. The van der Waals surface area contributed by atoms with Gasteiger partial charge in [-0.3, -0.25) is 0 Å². The van der Waals surface area contributed by atoms with Crippen LogP contribution >= 0.6 is 0 Å². The van der Waals surface area contributed by atoms with Crippen LogP contribution in [0.5, 0.6) is 0 Å². The van der Waals surface area contributed by atoms with Crippen molar-refractivity contribution in [3.8, 4) is 0 Å². The Morgan fingerprint density at radius 1 is 1.06 bits per heavy atom. The Hall–Kier alpha value is -0.0900. The highest BCUT2D eigenvalue weighted by Crippen LogP contribution is 2.31. The minimum Gasteiger partial charge on any atom is -0.313 e. The van der Waals surface area contributed by atoms with Crippen molar-refractivity contribution in [1.82, 2.24) is 5.32 Å². The highest BCUT2D eigenvalue weighted by Gasteiger charge is 2.38. The molecule has 2 aliphatic carbocycles. The highest BCUT2D eigenvalue weighted by molar-refractivity contribution is 7.92. The predicted molar refractivity (Wildman–Crippen MR) is 75.5 cm³/mol. The summed E-state index contributed by atoms with van der Waals surface area (Å²) < 4.78 is 25.0. The van der Waals surface area contributed by atoms with Gasteiger partial charge >= 0.3 is 0 Å². The van der Waals surface area contributed by atoms with Gasteiger partial charge in [0.05, 0.1) is 11.0 Å². The molecule has 106 valence electrons. The van der Waals surface area contributed by atoms with Crippen molar-refractivity contribution < 1.29 is 8.42 Å². The van der Waals surface area contributed by atoms with E-state index in [1.54, 1.807) is 0 Å². The lowest BCUT2D eigenvalue weighted by Gasteiger charge is -2.22. The second-order valence-electron chi connectivity index (χ2n) is 6.01. The first kappa shape index (κ1) is 14.3. The summed E-state index contributed by atoms with van der Waals surface area (Å²) in [7, 11) is -2.89. The van der Waals surface area contributed by atoms with Crippen molar-refractivity contribution in [3.63, 3.8) is 0 Å². The molecule has 0 aromatic carbocycles. The summed E-state index contributed by atoms with van der Waals surface area (Å²) in [5.41, 5.74) is 0. The SMILES string of the molecule is CCCNC1CCCC1S(=O)(=O)CC1CCCC1. The fourth-order valence-electron chi connectivity index (χ4n) is 3.55. The van der Waals surface area contributed by atoms with E-state index >= 15 is 0 Å². The molecule has 0 radical (unpaired) electrons. The monoisotopic (exact) mass is 273 g/mol. The molecule has 3 nitrogen and oxygen atoms in total. The maximum Gasteiger partial charge on any atom is 0.154 e. The van der Waals surface area contributed by atoms with E-state index in [-0.39, 0.29) is 11.3 Å². The average Bonchev–Trinajstić information content (AvgIpc) is 2.96. The maximum absolute atomic E-state index is 12.5. The van der Waals surface area contributed by atoms with Gasteiger partial charge in [-0.1, -0.05) is 26.2 Å². The van der Waals surface area contributed by atoms with Crippen molar-refractivity contribution in [1.29, 1.82) is 0 Å². The number of hydrogen-bond acceptors (Lipinski definition) is 3. The Morgan fingerprint density at radius 2 is 1.78 bits per heavy atom. The molecule has 1 N–H and O–H groups in total. The fraction of sp³-hybridized carbons (Fsp3) is 1.00. The lowest BCUT2D eigenvalue weighted by molar-refractivity contribution is 0.496. The van der Waals surface area contributed by atoms with Crippen molar-refractivity contribution in [2.75, 3.05) is 12.3 Å². The van der Waals surface area contributed by atoms with E-state index in [0.717, 1.165) is 45.1 Å². The third kappa shape index (κ3) is 3.47. The smallest absolute Gasteiger partial charge is 0.154 e. The van der Waals surface area contributed by atoms with Crippen molar-refractivity contribution in [2.45, 2.75) is 69.6 Å². The van der Waals surface area contributed by atoms with E-state index in [2.05, 4.69) is 12.2 Å². The van der Waals surface area contributed by atoms with Crippen LogP contribution in [0.1, 0.15) is 58.3 Å². The normalized spacial score (nSPS) is 30.1. The molecule has 0 heterocycles. The lowest BCUT2D eigenvalue weighted by Crippen LogP contribution is -2.42. The molecule has 2 aliphatic rings. The predicted octanol–water partition coefficient (Wildman–Crippen LogP) is 2.51. The van der Waals surface area contributed by atoms with Gasteiger partial charge in [0, 0.05) is 6.04 Å². The summed E-state index contributed by atoms with van der Waals surface area (Å²) >= 11 is 0. The molecule has 0 spiro atoms. The molecule has 0 aliphatic heterocycles. The zero-order valence-electron chi connectivity index (χ0n) is 11.5. The van der Waals surface area contributed by atoms with Crippen LogP contribution in [-0.2, 0) is 9.84 Å². The molecule has 0 aromatic rings. The van der Waals surface area contributed by atoms with Crippen molar-refractivity contribution in [3.05, 3.63) is 0 Å². The van der Waals surface area contributed by atoms with Gasteiger partial charge in [-0.15, -0.1) is 0 Å². The second kappa shape index (κ2) is 6.38. The van der Waals surface area contributed by atoms with Gasteiger partial charge in [-0.25, -0.2) is 8.42 Å². The molecule has 2 unspecified atom stereocenters. The van der Waals surface area contributed by atoms with Gasteiger partial charge in [-0.2, -0.15) is 0 Å². The van der Waals surface area contributed by atoms with Crippen molar-refractivity contribution >= 4 is 9.84 Å². The van der Waals surface area contributed by atoms with Crippen LogP contribution in [0.25, 0.3) is 0 Å². The number of nitrogens with one attached hydrogen (secondary N) is 1. The Bertz CT molecular complexity index is 347. The van der Waals surface area contributed by atoms with E-state index in [9.17, 15) is 8.42 Å². The Morgan fingerprint density at radius 3 is 2.44 bits per heavy atom. The van der Waals surface area contributed by atoms with Crippen molar-refractivity contribution in [2.24, 2.45) is 5.92 Å². The number of hydrogen-bond donors (Lipinski definition) is 1. The largest absolute Gasteiger partial charge is 0.313 e. The van der Waals surface area contributed by atoms with Crippen LogP contribution in [0, 0.1) is 5.92 Å². The Balaban J connectivity index is 1.94. The summed E-state index contributed by atoms with van der Waals surface area (Å²) in [6, 6.07) is 0.219. The van der Waals surface area contributed by atoms with Crippen LogP contribution in [0.2, 0.25) is 0 Å². The first-order chi connectivity index (χ1) is 8.63. The quantitative estimate of drug-likeness (QED) is 0.809.